The molecule has 2 rings (SSSR count). The Kier molecular flexibility index (Phi) is 2.77. The zero-order chi connectivity index (χ0) is 9.97. The third-order valence-corrected chi connectivity index (χ3v) is 3.58. The highest BCUT2D eigenvalue weighted by Crippen LogP contribution is 2.30. The summed E-state index contributed by atoms with van der Waals surface area (Å²) in [5.74, 6) is 1.47. The van der Waals surface area contributed by atoms with E-state index in [0.717, 1.165) is 12.0 Å². The predicted molar refractivity (Wildman–Crippen MR) is 59.3 cm³/mol. The van der Waals surface area contributed by atoms with Crippen LogP contribution in [-0.4, -0.2) is 18.8 Å². The van der Waals surface area contributed by atoms with Gasteiger partial charge in [0.1, 0.15) is 0 Å². The van der Waals surface area contributed by atoms with Crippen LogP contribution in [0.15, 0.2) is 23.1 Å². The number of benzene rings is 1. The second-order valence-electron chi connectivity index (χ2n) is 3.31. The van der Waals surface area contributed by atoms with Gasteiger partial charge >= 0.3 is 0 Å². The van der Waals surface area contributed by atoms with E-state index in [9.17, 15) is 0 Å². The van der Waals surface area contributed by atoms with Crippen LogP contribution < -0.4 is 0 Å². The molecule has 0 aromatic heterocycles. The van der Waals surface area contributed by atoms with Crippen molar-refractivity contribution in [3.05, 3.63) is 29.3 Å². The number of thioether (sulfide) groups is 1. The van der Waals surface area contributed by atoms with Crippen molar-refractivity contribution in [3.63, 3.8) is 0 Å². The maximum Gasteiger partial charge on any atom is 0.212 e. The summed E-state index contributed by atoms with van der Waals surface area (Å²) in [6.45, 7) is 0. The summed E-state index contributed by atoms with van der Waals surface area (Å²) < 4.78 is 4.90. The molecular weight excluding hydrogens is 194 g/mol. The standard InChI is InChI=1S/C11H13NOS/c1-13-11(12)9-4-5-10-8(7-9)3-2-6-14-10/h4-5,7,12H,2-3,6H2,1H3. The first-order valence-corrected chi connectivity index (χ1v) is 5.68. The fourth-order valence-electron chi connectivity index (χ4n) is 1.62. The lowest BCUT2D eigenvalue weighted by molar-refractivity contribution is 0.401. The second-order valence-corrected chi connectivity index (χ2v) is 4.44. The van der Waals surface area contributed by atoms with E-state index in [4.69, 9.17) is 10.1 Å². The summed E-state index contributed by atoms with van der Waals surface area (Å²) in [6.07, 6.45) is 2.37. The summed E-state index contributed by atoms with van der Waals surface area (Å²) in [5, 5.41) is 7.57. The van der Waals surface area contributed by atoms with Crippen molar-refractivity contribution in [1.82, 2.24) is 0 Å². The zero-order valence-electron chi connectivity index (χ0n) is 8.17. The Balaban J connectivity index is 2.33. The minimum atomic E-state index is 0.253. The van der Waals surface area contributed by atoms with E-state index in [1.165, 1.54) is 29.7 Å². The number of hydrogen-bond donors (Lipinski definition) is 1. The molecule has 1 aromatic rings. The third-order valence-electron chi connectivity index (χ3n) is 2.37. The van der Waals surface area contributed by atoms with E-state index in [1.54, 1.807) is 0 Å². The molecule has 0 aliphatic carbocycles. The van der Waals surface area contributed by atoms with Gasteiger partial charge < -0.3 is 4.74 Å². The molecule has 2 nitrogen and oxygen atoms in total. The van der Waals surface area contributed by atoms with Gasteiger partial charge in [0.15, 0.2) is 0 Å². The number of hydrogen-bond acceptors (Lipinski definition) is 3. The highest BCUT2D eigenvalue weighted by molar-refractivity contribution is 7.99. The summed E-state index contributed by atoms with van der Waals surface area (Å²) in [5.41, 5.74) is 2.24. The van der Waals surface area contributed by atoms with Crippen LogP contribution in [0, 0.1) is 5.41 Å². The molecule has 0 saturated heterocycles. The Hall–Kier alpha value is -0.960. The van der Waals surface area contributed by atoms with Gasteiger partial charge in [0.05, 0.1) is 7.11 Å². The summed E-state index contributed by atoms with van der Waals surface area (Å²) >= 11 is 1.91. The summed E-state index contributed by atoms with van der Waals surface area (Å²) in [6, 6.07) is 6.14. The number of methoxy groups -OCH3 is 1. The normalized spacial score (nSPS) is 14.6. The molecule has 1 N–H and O–H groups in total. The Morgan fingerprint density at radius 1 is 1.50 bits per heavy atom. The summed E-state index contributed by atoms with van der Waals surface area (Å²) in [4.78, 5) is 1.36. The molecule has 1 aliphatic heterocycles. The van der Waals surface area contributed by atoms with Gasteiger partial charge in [-0.25, -0.2) is 0 Å². The Morgan fingerprint density at radius 3 is 3.14 bits per heavy atom. The largest absolute Gasteiger partial charge is 0.481 e. The molecule has 74 valence electrons. The smallest absolute Gasteiger partial charge is 0.212 e. The zero-order valence-corrected chi connectivity index (χ0v) is 8.99. The first kappa shape index (κ1) is 9.59. The van der Waals surface area contributed by atoms with Crippen molar-refractivity contribution in [2.75, 3.05) is 12.9 Å². The maximum absolute atomic E-state index is 7.57. The van der Waals surface area contributed by atoms with E-state index in [2.05, 4.69) is 12.1 Å². The van der Waals surface area contributed by atoms with E-state index in [0.29, 0.717) is 0 Å². The molecule has 1 heterocycles. The van der Waals surface area contributed by atoms with Crippen molar-refractivity contribution in [1.29, 1.82) is 5.41 Å². The maximum atomic E-state index is 7.57. The quantitative estimate of drug-likeness (QED) is 0.567. The molecule has 0 amide bonds. The number of nitrogens with one attached hydrogen (secondary N) is 1. The monoisotopic (exact) mass is 207 g/mol. The predicted octanol–water partition coefficient (Wildman–Crippen LogP) is 2.70. The minimum absolute atomic E-state index is 0.253. The van der Waals surface area contributed by atoms with Gasteiger partial charge in [-0.15, -0.1) is 11.8 Å². The van der Waals surface area contributed by atoms with E-state index < -0.39 is 0 Å². The molecule has 1 aliphatic rings. The molecule has 0 unspecified atom stereocenters. The molecular formula is C11H13NOS. The van der Waals surface area contributed by atoms with E-state index in [-0.39, 0.29) is 5.90 Å². The molecule has 0 fully saturated rings. The van der Waals surface area contributed by atoms with Gasteiger partial charge in [-0.1, -0.05) is 0 Å². The van der Waals surface area contributed by atoms with Crippen molar-refractivity contribution in [3.8, 4) is 0 Å². The summed E-state index contributed by atoms with van der Waals surface area (Å²) in [7, 11) is 1.54. The molecule has 0 saturated carbocycles. The van der Waals surface area contributed by atoms with Gasteiger partial charge in [0, 0.05) is 10.5 Å². The second kappa shape index (κ2) is 4.05. The molecule has 3 heteroatoms. The number of ether oxygens (including phenoxy) is 1. The fraction of sp³-hybridized carbons (Fsp3) is 0.364. The van der Waals surface area contributed by atoms with Crippen LogP contribution in [0.3, 0.4) is 0 Å². The molecule has 0 bridgehead atoms. The van der Waals surface area contributed by atoms with Crippen molar-refractivity contribution >= 4 is 17.7 Å². The van der Waals surface area contributed by atoms with Crippen molar-refractivity contribution in [2.45, 2.75) is 17.7 Å². The minimum Gasteiger partial charge on any atom is -0.481 e. The van der Waals surface area contributed by atoms with Gasteiger partial charge in [0.25, 0.3) is 0 Å². The van der Waals surface area contributed by atoms with E-state index in [1.807, 2.05) is 17.8 Å². The van der Waals surface area contributed by atoms with Crippen LogP contribution in [0.2, 0.25) is 0 Å². The average molecular weight is 207 g/mol. The lowest BCUT2D eigenvalue weighted by Crippen LogP contribution is -2.05. The molecule has 0 radical (unpaired) electrons. The van der Waals surface area contributed by atoms with E-state index >= 15 is 0 Å². The van der Waals surface area contributed by atoms with Gasteiger partial charge in [-0.3, -0.25) is 5.41 Å². The van der Waals surface area contributed by atoms with Crippen LogP contribution in [-0.2, 0) is 11.2 Å². The highest BCUT2D eigenvalue weighted by Gasteiger charge is 2.11. The van der Waals surface area contributed by atoms with Crippen molar-refractivity contribution in [2.24, 2.45) is 0 Å². The SMILES string of the molecule is COC(=N)c1ccc2c(c1)CCCS2. The van der Waals surface area contributed by atoms with Crippen LogP contribution in [0.25, 0.3) is 0 Å². The van der Waals surface area contributed by atoms with Gasteiger partial charge in [-0.2, -0.15) is 0 Å². The number of rotatable bonds is 1. The van der Waals surface area contributed by atoms with Crippen molar-refractivity contribution < 1.29 is 4.74 Å². The first-order chi connectivity index (χ1) is 6.81. The fourth-order valence-corrected chi connectivity index (χ4v) is 2.64. The molecule has 1 aromatic carbocycles. The van der Waals surface area contributed by atoms with Crippen LogP contribution in [0.1, 0.15) is 17.5 Å². The topological polar surface area (TPSA) is 33.1 Å². The Bertz CT molecular complexity index is 362. The molecule has 0 spiro atoms. The lowest BCUT2D eigenvalue weighted by Gasteiger charge is -2.15. The first-order valence-electron chi connectivity index (χ1n) is 4.70. The number of aryl methyl sites for hydroxylation is 1. The molecule has 14 heavy (non-hydrogen) atoms. The Morgan fingerprint density at radius 2 is 2.36 bits per heavy atom. The number of fused-ring (bicyclic) bond motifs is 1. The third kappa shape index (κ3) is 1.77. The lowest BCUT2D eigenvalue weighted by atomic mass is 10.1. The van der Waals surface area contributed by atoms with Crippen LogP contribution in [0.4, 0.5) is 0 Å². The Labute approximate surface area is 88.2 Å². The van der Waals surface area contributed by atoms with Gasteiger partial charge in [-0.05, 0) is 42.4 Å². The van der Waals surface area contributed by atoms with Crippen LogP contribution in [0.5, 0.6) is 0 Å². The molecule has 0 atom stereocenters. The van der Waals surface area contributed by atoms with Gasteiger partial charge in [0.2, 0.25) is 5.90 Å². The average Bonchev–Trinajstić information content (AvgIpc) is 2.27. The highest BCUT2D eigenvalue weighted by atomic mass is 32.2. The van der Waals surface area contributed by atoms with Crippen LogP contribution >= 0.6 is 11.8 Å².